The van der Waals surface area contributed by atoms with Gasteiger partial charge < -0.3 is 54.7 Å². The van der Waals surface area contributed by atoms with Crippen LogP contribution >= 0.6 is 11.6 Å². The highest BCUT2D eigenvalue weighted by molar-refractivity contribution is 6.33. The summed E-state index contributed by atoms with van der Waals surface area (Å²) in [7, 11) is 1.39. The molecule has 2 aliphatic carbocycles. The number of rotatable bonds is 5. The number of halogens is 1. The Balaban J connectivity index is 1.27. The molecule has 53 heavy (non-hydrogen) atoms. The number of aliphatic hydroxyl groups is 4. The summed E-state index contributed by atoms with van der Waals surface area (Å²) >= 11 is 6.86. The summed E-state index contributed by atoms with van der Waals surface area (Å²) in [6, 6.07) is 4.85. The minimum Gasteiger partial charge on any atom is -0.507 e. The second-order valence-corrected chi connectivity index (χ2v) is 14.4. The monoisotopic (exact) mass is 746 g/mol. The van der Waals surface area contributed by atoms with Gasteiger partial charge in [-0.3, -0.25) is 9.59 Å². The molecule has 5 aliphatic rings. The lowest BCUT2D eigenvalue weighted by Crippen LogP contribution is -2.69. The van der Waals surface area contributed by atoms with E-state index in [1.54, 1.807) is 43.0 Å². The third kappa shape index (κ3) is 6.22. The minimum absolute atomic E-state index is 0.0202. The van der Waals surface area contributed by atoms with E-state index in [4.69, 9.17) is 30.5 Å². The fourth-order valence-electron chi connectivity index (χ4n) is 7.18. The fraction of sp³-hybridized carbons (Fsp3) is 0.436. The van der Waals surface area contributed by atoms with Crippen LogP contribution in [0.3, 0.4) is 0 Å². The predicted molar refractivity (Wildman–Crippen MR) is 189 cm³/mol. The van der Waals surface area contributed by atoms with Crippen LogP contribution in [0.25, 0.3) is 0 Å². The van der Waals surface area contributed by atoms with Gasteiger partial charge in [0.15, 0.2) is 29.5 Å². The van der Waals surface area contributed by atoms with Crippen molar-refractivity contribution >= 4 is 23.4 Å². The van der Waals surface area contributed by atoms with E-state index < -0.39 is 59.9 Å². The number of phenols is 1. The van der Waals surface area contributed by atoms with Crippen molar-refractivity contribution in [1.29, 1.82) is 0 Å². The molecule has 0 unspecified atom stereocenters. The van der Waals surface area contributed by atoms with Crippen molar-refractivity contribution in [2.24, 2.45) is 0 Å². The molecule has 14 heteroatoms. The predicted octanol–water partition coefficient (Wildman–Crippen LogP) is 1.73. The van der Waals surface area contributed by atoms with Crippen LogP contribution in [-0.2, 0) is 14.3 Å². The van der Waals surface area contributed by atoms with Crippen LogP contribution < -0.4 is 14.8 Å². The summed E-state index contributed by atoms with van der Waals surface area (Å²) in [6.45, 7) is 4.63. The lowest BCUT2D eigenvalue weighted by molar-refractivity contribution is -0.316. The maximum Gasteiger partial charge on any atom is 0.255 e. The lowest BCUT2D eigenvalue weighted by atomic mass is 9.84. The van der Waals surface area contributed by atoms with Crippen molar-refractivity contribution < 1.29 is 54.1 Å². The Morgan fingerprint density at radius 2 is 1.89 bits per heavy atom. The van der Waals surface area contributed by atoms with E-state index in [-0.39, 0.29) is 64.3 Å². The number of fused-ring (bicyclic) bond motifs is 8. The summed E-state index contributed by atoms with van der Waals surface area (Å²) in [6.07, 6.45) is -4.56. The van der Waals surface area contributed by atoms with Crippen LogP contribution in [-0.4, -0.2) is 110 Å². The zero-order chi connectivity index (χ0) is 38.0. The molecule has 7 rings (SSSR count). The maximum atomic E-state index is 13.4. The van der Waals surface area contributed by atoms with Crippen molar-refractivity contribution in [1.82, 2.24) is 10.2 Å². The number of aromatic hydroxyl groups is 1. The first-order chi connectivity index (χ1) is 25.2. The van der Waals surface area contributed by atoms with Gasteiger partial charge in [-0.2, -0.15) is 0 Å². The topological polar surface area (TPSA) is 187 Å². The molecular weight excluding hydrogens is 708 g/mol. The summed E-state index contributed by atoms with van der Waals surface area (Å²) in [5.74, 6) is 11.0. The smallest absolute Gasteiger partial charge is 0.255 e. The Bertz CT molecular complexity index is 2070. The van der Waals surface area contributed by atoms with E-state index in [0.29, 0.717) is 23.2 Å². The number of methoxy groups -OCH3 is 1. The highest BCUT2D eigenvalue weighted by Crippen LogP contribution is 2.47. The Kier molecular flexibility index (Phi) is 9.50. The average Bonchev–Trinajstić information content (AvgIpc) is 3.84. The molecule has 0 radical (unpaired) electrons. The van der Waals surface area contributed by atoms with Crippen molar-refractivity contribution in [3.63, 3.8) is 0 Å². The summed E-state index contributed by atoms with van der Waals surface area (Å²) in [5, 5.41) is 59.6. The number of allylic oxidation sites excluding steroid dienone is 1. The quantitative estimate of drug-likeness (QED) is 0.193. The van der Waals surface area contributed by atoms with Crippen LogP contribution in [0.1, 0.15) is 52.9 Å². The zero-order valence-electron chi connectivity index (χ0n) is 29.3. The average molecular weight is 747 g/mol. The van der Waals surface area contributed by atoms with Crippen LogP contribution in [0.4, 0.5) is 0 Å². The van der Waals surface area contributed by atoms with Gasteiger partial charge in [-0.25, -0.2) is 0 Å². The number of amides is 2. The van der Waals surface area contributed by atoms with Crippen molar-refractivity contribution in [2.75, 3.05) is 20.3 Å². The second-order valence-electron chi connectivity index (χ2n) is 14.0. The molecule has 6 N–H and O–H groups in total. The Labute approximate surface area is 310 Å². The number of hydrogen-bond donors (Lipinski definition) is 6. The van der Waals surface area contributed by atoms with Gasteiger partial charge in [-0.1, -0.05) is 59.6 Å². The number of carbonyl (C=O) groups excluding carboxylic acids is 2. The SMILES string of the molecule is COc1ccc2c(Cl)c1O[C@H]1C#C/C=C(\C#CC3=CC[C@H](O)[C@]31O[C@@H]1OC[C@@H](NC(=O)c3c(C)ccc(C)c3O)[C@@](C)(O)[C@H]1O)[C@@H]1CN1C(=O)C[C@@H]2O. The van der Waals surface area contributed by atoms with E-state index in [9.17, 15) is 35.1 Å². The van der Waals surface area contributed by atoms with Crippen molar-refractivity contribution in [2.45, 2.75) is 87.6 Å². The van der Waals surface area contributed by atoms with Gasteiger partial charge in [0.05, 0.1) is 55.0 Å². The molecule has 3 aliphatic heterocycles. The van der Waals surface area contributed by atoms with E-state index >= 15 is 0 Å². The minimum atomic E-state index is -2.06. The molecule has 9 atom stereocenters. The maximum absolute atomic E-state index is 13.4. The van der Waals surface area contributed by atoms with E-state index in [2.05, 4.69) is 29.0 Å². The Morgan fingerprint density at radius 1 is 1.13 bits per heavy atom. The van der Waals surface area contributed by atoms with Gasteiger partial charge in [0.2, 0.25) is 5.91 Å². The number of aryl methyl sites for hydroxylation is 2. The zero-order valence-corrected chi connectivity index (χ0v) is 30.1. The lowest BCUT2D eigenvalue weighted by Gasteiger charge is -2.48. The third-order valence-corrected chi connectivity index (χ3v) is 11.0. The Morgan fingerprint density at radius 3 is 2.64 bits per heavy atom. The molecule has 3 heterocycles. The number of aliphatic hydroxyl groups excluding tert-OH is 3. The first-order valence-electron chi connectivity index (χ1n) is 17.1. The number of carbonyl (C=O) groups is 2. The van der Waals surface area contributed by atoms with Gasteiger partial charge >= 0.3 is 0 Å². The van der Waals surface area contributed by atoms with E-state index in [0.717, 1.165) is 0 Å². The third-order valence-electron chi connectivity index (χ3n) is 10.6. The number of hydrogen-bond acceptors (Lipinski definition) is 11. The molecule has 2 saturated heterocycles. The van der Waals surface area contributed by atoms with Gasteiger partial charge in [0.1, 0.15) is 17.5 Å². The first-order valence-corrected chi connectivity index (χ1v) is 17.5. The largest absolute Gasteiger partial charge is 0.507 e. The summed E-state index contributed by atoms with van der Waals surface area (Å²) < 4.78 is 24.6. The van der Waals surface area contributed by atoms with E-state index in [1.807, 2.05) is 0 Å². The molecule has 278 valence electrons. The number of nitrogens with zero attached hydrogens (tertiary/aromatic N) is 1. The van der Waals surface area contributed by atoms with Gasteiger partial charge in [-0.15, -0.1) is 0 Å². The van der Waals surface area contributed by atoms with Gasteiger partial charge in [-0.05, 0) is 44.4 Å². The van der Waals surface area contributed by atoms with Gasteiger partial charge in [0, 0.05) is 29.3 Å². The molecule has 2 fully saturated rings. The molecule has 2 aromatic rings. The molecule has 13 nitrogen and oxygen atoms in total. The molecule has 0 aromatic heterocycles. The second kappa shape index (κ2) is 13.7. The van der Waals surface area contributed by atoms with Crippen LogP contribution in [0.15, 0.2) is 47.6 Å². The number of ether oxygens (including phenoxy) is 4. The Hall–Kier alpha value is -4.57. The summed E-state index contributed by atoms with van der Waals surface area (Å²) in [4.78, 5) is 28.1. The number of nitrogens with one attached hydrogen (secondary N) is 1. The standard InChI is InChI=1S/C39H39ClN2O11/c1-19-8-9-20(2)33(46)31(19)36(48)41-27-18-51-37(35(47)38(27,3)49)53-39-22(12-15-28(39)44)11-10-21-6-5-7-29(39)52-34-26(50-4)14-13-23(32(34)40)25(43)16-30(45)42-17-24(21)42/h6,8-9,12-14,24-25,27-29,35,37,43-44,46-47,49H,15-18H2,1-4H3,(H,41,48)/b21-6+/t24-,25-,27+,28-,29-,35-,37-,38+,39+,42?/m0/s1. The normalized spacial score (nSPS) is 33.8. The molecule has 0 spiro atoms. The molecule has 4 bridgehead atoms. The van der Waals surface area contributed by atoms with Crippen LogP contribution in [0, 0.1) is 37.5 Å². The van der Waals surface area contributed by atoms with Gasteiger partial charge in [0.25, 0.3) is 5.91 Å². The number of benzene rings is 2. The highest BCUT2D eigenvalue weighted by atomic mass is 35.5. The van der Waals surface area contributed by atoms with Crippen molar-refractivity contribution in [3.8, 4) is 40.9 Å². The number of phenolic OH excluding ortho intramolecular Hbond substituents is 1. The molecule has 0 saturated carbocycles. The van der Waals surface area contributed by atoms with Crippen LogP contribution in [0.2, 0.25) is 5.02 Å². The molecule has 2 amide bonds. The molecular formula is C39H39ClN2O11. The first kappa shape index (κ1) is 36.8. The fourth-order valence-corrected chi connectivity index (χ4v) is 7.51. The molecule has 2 aromatic carbocycles. The van der Waals surface area contributed by atoms with Crippen molar-refractivity contribution in [3.05, 3.63) is 74.8 Å². The summed E-state index contributed by atoms with van der Waals surface area (Å²) in [5.41, 5.74) is -2.07. The van der Waals surface area contributed by atoms with Crippen LogP contribution in [0.5, 0.6) is 17.2 Å². The van der Waals surface area contributed by atoms with E-state index in [1.165, 1.54) is 26.2 Å². The highest BCUT2D eigenvalue weighted by Gasteiger charge is 2.59.